The highest BCUT2D eigenvalue weighted by Crippen LogP contribution is 2.37. The van der Waals surface area contributed by atoms with Crippen LogP contribution in [0.25, 0.3) is 0 Å². The number of hydrogen-bond acceptors (Lipinski definition) is 6. The molecule has 0 spiro atoms. The molecule has 2 amide bonds. The van der Waals surface area contributed by atoms with E-state index in [0.29, 0.717) is 5.82 Å². The molecular weight excluding hydrogens is 366 g/mol. The van der Waals surface area contributed by atoms with Gasteiger partial charge in [0.05, 0.1) is 17.6 Å². The van der Waals surface area contributed by atoms with Crippen LogP contribution in [-0.2, 0) is 16.0 Å². The molecule has 0 aromatic carbocycles. The lowest BCUT2D eigenvalue weighted by Crippen LogP contribution is -2.36. The van der Waals surface area contributed by atoms with Gasteiger partial charge in [0.25, 0.3) is 0 Å². The van der Waals surface area contributed by atoms with Gasteiger partial charge in [-0.2, -0.15) is 5.10 Å². The van der Waals surface area contributed by atoms with E-state index >= 15 is 0 Å². The summed E-state index contributed by atoms with van der Waals surface area (Å²) in [6.45, 7) is 2.03. The quantitative estimate of drug-likeness (QED) is 0.704. The van der Waals surface area contributed by atoms with Gasteiger partial charge in [0.2, 0.25) is 5.91 Å². The molecule has 2 saturated carbocycles. The van der Waals surface area contributed by atoms with Crippen molar-refractivity contribution >= 4 is 29.2 Å². The van der Waals surface area contributed by atoms with Crippen LogP contribution in [0.15, 0.2) is 17.0 Å². The third-order valence-corrected chi connectivity index (χ3v) is 5.83. The number of ether oxygens (including phenoxy) is 1. The van der Waals surface area contributed by atoms with Gasteiger partial charge in [-0.25, -0.2) is 9.78 Å². The Labute approximate surface area is 161 Å². The van der Waals surface area contributed by atoms with Crippen LogP contribution in [0.2, 0.25) is 0 Å². The summed E-state index contributed by atoms with van der Waals surface area (Å²) >= 11 is 1.47. The Balaban J connectivity index is 1.26. The molecule has 0 aliphatic heterocycles. The molecule has 2 atom stereocenters. The van der Waals surface area contributed by atoms with Gasteiger partial charge in [0.15, 0.2) is 5.82 Å². The van der Waals surface area contributed by atoms with Gasteiger partial charge in [0.1, 0.15) is 6.10 Å². The van der Waals surface area contributed by atoms with Crippen molar-refractivity contribution in [2.75, 3.05) is 5.32 Å². The summed E-state index contributed by atoms with van der Waals surface area (Å²) in [5.41, 5.74) is 3.35. The summed E-state index contributed by atoms with van der Waals surface area (Å²) in [6, 6.07) is 1.86. The second-order valence-corrected chi connectivity index (χ2v) is 8.35. The molecule has 0 bridgehead atoms. The van der Waals surface area contributed by atoms with E-state index in [4.69, 9.17) is 4.74 Å². The van der Waals surface area contributed by atoms with E-state index in [1.54, 1.807) is 5.51 Å². The molecule has 9 heteroatoms. The van der Waals surface area contributed by atoms with E-state index < -0.39 is 0 Å². The summed E-state index contributed by atoms with van der Waals surface area (Å²) < 4.78 is 5.55. The zero-order chi connectivity index (χ0) is 18.9. The number of nitrogens with zero attached hydrogens (tertiary/aromatic N) is 2. The van der Waals surface area contributed by atoms with Gasteiger partial charge in [-0.05, 0) is 39.0 Å². The highest BCUT2D eigenvalue weighted by atomic mass is 32.1. The van der Waals surface area contributed by atoms with Crippen molar-refractivity contribution in [1.82, 2.24) is 20.5 Å². The maximum absolute atomic E-state index is 12.0. The fourth-order valence-corrected chi connectivity index (χ4v) is 3.91. The van der Waals surface area contributed by atoms with Crippen molar-refractivity contribution in [3.63, 3.8) is 0 Å². The van der Waals surface area contributed by atoms with Crippen LogP contribution in [0, 0.1) is 0 Å². The van der Waals surface area contributed by atoms with Crippen LogP contribution in [0.4, 0.5) is 10.6 Å². The molecule has 2 aromatic rings. The molecule has 0 saturated heterocycles. The van der Waals surface area contributed by atoms with E-state index in [2.05, 4.69) is 25.8 Å². The number of rotatable bonds is 6. The first-order valence-electron chi connectivity index (χ1n) is 9.20. The van der Waals surface area contributed by atoms with E-state index in [1.807, 2.05) is 18.4 Å². The summed E-state index contributed by atoms with van der Waals surface area (Å²) in [5, 5.41) is 14.7. The van der Waals surface area contributed by atoms with E-state index in [0.717, 1.165) is 43.5 Å². The zero-order valence-electron chi connectivity index (χ0n) is 15.2. The maximum Gasteiger partial charge on any atom is 0.407 e. The number of amides is 2. The normalized spacial score (nSPS) is 23.0. The fraction of sp³-hybridized carbons (Fsp3) is 0.556. The standard InChI is InChI=1S/C18H23N5O3S/c1-18(4-5-18)21-17(25)26-13-3-2-11(6-13)14-8-15(23-22-14)20-16(24)7-12-9-27-10-19-12/h8-11,13H,2-7H2,1H3,(H,21,25)(H2,20,22,23,24)/t11-,13+/m0/s1. The first-order chi connectivity index (χ1) is 13.0. The highest BCUT2D eigenvalue weighted by molar-refractivity contribution is 7.07. The average molecular weight is 389 g/mol. The lowest BCUT2D eigenvalue weighted by Gasteiger charge is -2.16. The number of nitrogens with one attached hydrogen (secondary N) is 3. The van der Waals surface area contributed by atoms with Crippen molar-refractivity contribution in [2.45, 2.75) is 63.0 Å². The number of aromatic nitrogens is 3. The smallest absolute Gasteiger partial charge is 0.407 e. The molecule has 27 heavy (non-hydrogen) atoms. The first kappa shape index (κ1) is 18.0. The Kier molecular flexibility index (Phi) is 4.86. The summed E-state index contributed by atoms with van der Waals surface area (Å²) in [5.74, 6) is 0.613. The second kappa shape index (κ2) is 7.30. The number of aromatic amines is 1. The fourth-order valence-electron chi connectivity index (χ4n) is 3.36. The molecule has 3 N–H and O–H groups in total. The third kappa shape index (κ3) is 4.65. The SMILES string of the molecule is CC1(NC(=O)O[C@@H]2CC[C@H](c3cc(NC(=O)Cc4cscn4)n[nH]3)C2)CC1. The Morgan fingerprint density at radius 2 is 2.26 bits per heavy atom. The minimum absolute atomic E-state index is 0.0654. The molecule has 8 nitrogen and oxygen atoms in total. The zero-order valence-corrected chi connectivity index (χ0v) is 16.0. The number of carbonyl (C=O) groups is 2. The average Bonchev–Trinajstić information content (AvgIpc) is 3.10. The molecule has 2 aliphatic rings. The first-order valence-corrected chi connectivity index (χ1v) is 10.1. The van der Waals surface area contributed by atoms with Gasteiger partial charge < -0.3 is 15.4 Å². The molecule has 4 rings (SSSR count). The van der Waals surface area contributed by atoms with Crippen LogP contribution in [0.1, 0.15) is 56.3 Å². The number of thiazole rings is 1. The third-order valence-electron chi connectivity index (χ3n) is 5.19. The summed E-state index contributed by atoms with van der Waals surface area (Å²) in [6.07, 6.45) is 4.38. The molecule has 2 aromatic heterocycles. The van der Waals surface area contributed by atoms with Crippen molar-refractivity contribution < 1.29 is 14.3 Å². The molecule has 2 aliphatic carbocycles. The highest BCUT2D eigenvalue weighted by Gasteiger charge is 2.40. The number of alkyl carbamates (subject to hydrolysis) is 1. The lowest BCUT2D eigenvalue weighted by molar-refractivity contribution is -0.115. The van der Waals surface area contributed by atoms with Gasteiger partial charge in [-0.1, -0.05) is 0 Å². The van der Waals surface area contributed by atoms with Crippen LogP contribution in [0.5, 0.6) is 0 Å². The van der Waals surface area contributed by atoms with E-state index in [1.165, 1.54) is 11.3 Å². The van der Waals surface area contributed by atoms with Crippen LogP contribution < -0.4 is 10.6 Å². The van der Waals surface area contributed by atoms with E-state index in [-0.39, 0.29) is 36.0 Å². The van der Waals surface area contributed by atoms with Crippen molar-refractivity contribution in [3.05, 3.63) is 28.3 Å². The van der Waals surface area contributed by atoms with Gasteiger partial charge in [0, 0.05) is 28.6 Å². The van der Waals surface area contributed by atoms with Gasteiger partial charge in [-0.3, -0.25) is 9.89 Å². The lowest BCUT2D eigenvalue weighted by atomic mass is 10.0. The van der Waals surface area contributed by atoms with Crippen molar-refractivity contribution in [2.24, 2.45) is 0 Å². The Morgan fingerprint density at radius 1 is 1.41 bits per heavy atom. The van der Waals surface area contributed by atoms with Crippen molar-refractivity contribution in [3.8, 4) is 0 Å². The largest absolute Gasteiger partial charge is 0.446 e. The van der Waals surface area contributed by atoms with Crippen LogP contribution in [0.3, 0.4) is 0 Å². The molecule has 0 radical (unpaired) electrons. The second-order valence-electron chi connectivity index (χ2n) is 7.64. The molecular formula is C18H23N5O3S. The topological polar surface area (TPSA) is 109 Å². The number of H-pyrrole nitrogens is 1. The predicted molar refractivity (Wildman–Crippen MR) is 101 cm³/mol. The number of hydrogen-bond donors (Lipinski definition) is 3. The van der Waals surface area contributed by atoms with E-state index in [9.17, 15) is 9.59 Å². The van der Waals surface area contributed by atoms with Crippen molar-refractivity contribution in [1.29, 1.82) is 0 Å². The molecule has 0 unspecified atom stereocenters. The Morgan fingerprint density at radius 3 is 3.00 bits per heavy atom. The van der Waals surface area contributed by atoms with Crippen LogP contribution >= 0.6 is 11.3 Å². The maximum atomic E-state index is 12.0. The molecule has 144 valence electrons. The predicted octanol–water partition coefficient (Wildman–Crippen LogP) is 2.96. The molecule has 2 heterocycles. The Hall–Kier alpha value is -2.42. The number of carbonyl (C=O) groups excluding carboxylic acids is 2. The molecule has 2 fully saturated rings. The minimum Gasteiger partial charge on any atom is -0.446 e. The Bertz CT molecular complexity index is 815. The monoisotopic (exact) mass is 389 g/mol. The number of anilines is 1. The minimum atomic E-state index is -0.319. The van der Waals surface area contributed by atoms with Gasteiger partial charge >= 0.3 is 6.09 Å². The summed E-state index contributed by atoms with van der Waals surface area (Å²) in [4.78, 5) is 28.1. The van der Waals surface area contributed by atoms with Gasteiger partial charge in [-0.15, -0.1) is 11.3 Å². The van der Waals surface area contributed by atoms with Crippen LogP contribution in [-0.4, -0.2) is 38.8 Å². The summed E-state index contributed by atoms with van der Waals surface area (Å²) in [7, 11) is 0.